The number of carbonyl (C=O) groups is 2. The molecule has 0 aliphatic heterocycles. The van der Waals surface area contributed by atoms with Gasteiger partial charge in [0.15, 0.2) is 0 Å². The molecule has 0 aliphatic carbocycles. The minimum atomic E-state index is -1.13. The standard InChI is InChI=1S/C26H23BF2N4O4/c1-17-12-18(13-23(31-17)24(35)36-3)14-33(16-34)25(27-37-15-30)32-26(2,19-4-8-21(28)9-5-19)20-6-10-22(29)11-7-20/h4-13,16,32H,14H2,1-3H3. The number of esters is 1. The number of nitriles is 1. The number of ether oxygens (including phenoxy) is 1. The first-order valence-corrected chi connectivity index (χ1v) is 11.0. The van der Waals surface area contributed by atoms with Gasteiger partial charge in [0.2, 0.25) is 0 Å². The Morgan fingerprint density at radius 2 is 1.70 bits per heavy atom. The van der Waals surface area contributed by atoms with E-state index in [-0.39, 0.29) is 17.9 Å². The third kappa shape index (κ3) is 6.55. The summed E-state index contributed by atoms with van der Waals surface area (Å²) in [4.78, 5) is 29.6. The molecule has 37 heavy (non-hydrogen) atoms. The molecule has 0 atom stereocenters. The van der Waals surface area contributed by atoms with Crippen LogP contribution in [0, 0.1) is 30.1 Å². The summed E-state index contributed by atoms with van der Waals surface area (Å²) in [6, 6.07) is 14.5. The van der Waals surface area contributed by atoms with Crippen molar-refractivity contribution in [3.05, 3.63) is 100 Å². The zero-order chi connectivity index (χ0) is 27.0. The number of benzene rings is 2. The van der Waals surface area contributed by atoms with Crippen molar-refractivity contribution in [3.63, 3.8) is 0 Å². The number of rotatable bonds is 10. The number of aromatic nitrogens is 1. The quantitative estimate of drug-likeness (QED) is 0.196. The van der Waals surface area contributed by atoms with Gasteiger partial charge in [0.1, 0.15) is 0 Å². The van der Waals surface area contributed by atoms with Gasteiger partial charge in [-0.3, -0.25) is 0 Å². The predicted molar refractivity (Wildman–Crippen MR) is 132 cm³/mol. The first kappa shape index (κ1) is 27.0. The summed E-state index contributed by atoms with van der Waals surface area (Å²) >= 11 is 0. The normalized spacial score (nSPS) is 11.1. The van der Waals surface area contributed by atoms with E-state index >= 15 is 0 Å². The van der Waals surface area contributed by atoms with Crippen LogP contribution in [-0.4, -0.2) is 42.2 Å². The Morgan fingerprint density at radius 3 is 2.19 bits per heavy atom. The topological polar surface area (TPSA) is 105 Å². The van der Waals surface area contributed by atoms with E-state index in [9.17, 15) is 18.4 Å². The molecular weight excluding hydrogens is 481 g/mol. The average Bonchev–Trinajstić information content (AvgIpc) is 2.89. The second kappa shape index (κ2) is 11.9. The van der Waals surface area contributed by atoms with Crippen molar-refractivity contribution >= 4 is 25.2 Å². The van der Waals surface area contributed by atoms with Gasteiger partial charge >= 0.3 is 213 Å². The van der Waals surface area contributed by atoms with Crippen molar-refractivity contribution in [1.29, 1.82) is 5.26 Å². The molecule has 1 aromatic heterocycles. The molecule has 0 radical (unpaired) electrons. The molecule has 0 bridgehead atoms. The molecule has 0 spiro atoms. The van der Waals surface area contributed by atoms with Crippen molar-refractivity contribution < 1.29 is 27.8 Å². The number of carbonyl (C=O) groups excluding carboxylic acids is 2. The van der Waals surface area contributed by atoms with Crippen LogP contribution in [0.2, 0.25) is 0 Å². The van der Waals surface area contributed by atoms with Crippen molar-refractivity contribution in [2.45, 2.75) is 25.9 Å². The summed E-state index contributed by atoms with van der Waals surface area (Å²) in [5, 5.41) is 12.2. The van der Waals surface area contributed by atoms with Crippen LogP contribution in [0.1, 0.15) is 39.8 Å². The number of nitrogens with one attached hydrogen (secondary N) is 1. The van der Waals surface area contributed by atoms with Crippen LogP contribution in [0.25, 0.3) is 0 Å². The molecule has 1 heterocycles. The van der Waals surface area contributed by atoms with Crippen molar-refractivity contribution in [2.24, 2.45) is 0 Å². The number of hydrogen-bond donors (Lipinski definition) is 1. The molecule has 0 saturated heterocycles. The zero-order valence-electron chi connectivity index (χ0n) is 20.4. The molecule has 188 valence electrons. The molecule has 3 aromatic rings. The Kier molecular flexibility index (Phi) is 8.69. The Bertz CT molecular complexity index is 1300. The Morgan fingerprint density at radius 1 is 1.14 bits per heavy atom. The molecule has 0 saturated carbocycles. The van der Waals surface area contributed by atoms with Gasteiger partial charge < -0.3 is 0 Å². The van der Waals surface area contributed by atoms with Gasteiger partial charge in [-0.2, -0.15) is 0 Å². The summed E-state index contributed by atoms with van der Waals surface area (Å²) in [7, 11) is 2.29. The van der Waals surface area contributed by atoms with Crippen LogP contribution < -0.4 is 5.32 Å². The van der Waals surface area contributed by atoms with E-state index in [1.165, 1.54) is 48.6 Å². The van der Waals surface area contributed by atoms with Crippen LogP contribution in [0.5, 0.6) is 0 Å². The number of amides is 1. The van der Waals surface area contributed by atoms with E-state index in [1.54, 1.807) is 44.2 Å². The third-order valence-electron chi connectivity index (χ3n) is 5.64. The first-order valence-electron chi connectivity index (χ1n) is 11.0. The fourth-order valence-corrected chi connectivity index (χ4v) is 3.80. The van der Waals surface area contributed by atoms with E-state index in [4.69, 9.17) is 14.7 Å². The van der Waals surface area contributed by atoms with Gasteiger partial charge in [-0.05, 0) is 0 Å². The Labute approximate surface area is 213 Å². The maximum absolute atomic E-state index is 13.7. The number of aryl methyl sites for hydroxylation is 1. The third-order valence-corrected chi connectivity index (χ3v) is 5.64. The Hall–Kier alpha value is -4.59. The fraction of sp³-hybridized carbons (Fsp3) is 0.192. The number of methoxy groups -OCH3 is 1. The minimum absolute atomic E-state index is 0.0343. The van der Waals surface area contributed by atoms with Gasteiger partial charge in [0.25, 0.3) is 0 Å². The van der Waals surface area contributed by atoms with E-state index in [0.717, 1.165) is 7.12 Å². The Balaban J connectivity index is 2.06. The van der Waals surface area contributed by atoms with Crippen LogP contribution in [0.15, 0.2) is 60.7 Å². The molecule has 3 rings (SSSR count). The first-order chi connectivity index (χ1) is 17.7. The van der Waals surface area contributed by atoms with Crippen LogP contribution >= 0.6 is 0 Å². The second-order valence-electron chi connectivity index (χ2n) is 8.20. The van der Waals surface area contributed by atoms with Gasteiger partial charge in [0, 0.05) is 0 Å². The van der Waals surface area contributed by atoms with Crippen LogP contribution in [0.3, 0.4) is 0 Å². The van der Waals surface area contributed by atoms with Crippen molar-refractivity contribution in [1.82, 2.24) is 15.2 Å². The molecule has 0 unspecified atom stereocenters. The average molecular weight is 504 g/mol. The summed E-state index contributed by atoms with van der Waals surface area (Å²) in [6.07, 6.45) is 2.05. The van der Waals surface area contributed by atoms with E-state index in [1.807, 2.05) is 0 Å². The van der Waals surface area contributed by atoms with Gasteiger partial charge in [-0.15, -0.1) is 0 Å². The summed E-state index contributed by atoms with van der Waals surface area (Å²) in [5.74, 6) is -1.53. The zero-order valence-corrected chi connectivity index (χ0v) is 20.4. The van der Waals surface area contributed by atoms with E-state index in [2.05, 4.69) is 10.3 Å². The van der Waals surface area contributed by atoms with E-state index < -0.39 is 23.1 Å². The molecule has 11 heteroatoms. The summed E-state index contributed by atoms with van der Waals surface area (Å²) in [5.41, 5.74) is 1.26. The molecule has 1 amide bonds. The number of hydrogen-bond acceptors (Lipinski definition) is 7. The fourth-order valence-electron chi connectivity index (χ4n) is 3.80. The second-order valence-corrected chi connectivity index (χ2v) is 8.20. The number of pyridine rings is 1. The summed E-state index contributed by atoms with van der Waals surface area (Å²) < 4.78 is 37.0. The van der Waals surface area contributed by atoms with Crippen molar-refractivity contribution in [3.8, 4) is 6.26 Å². The molecule has 0 aliphatic rings. The van der Waals surface area contributed by atoms with Crippen molar-refractivity contribution in [2.75, 3.05) is 7.11 Å². The monoisotopic (exact) mass is 504 g/mol. The number of nitrogens with zero attached hydrogens (tertiary/aromatic N) is 3. The van der Waals surface area contributed by atoms with Crippen LogP contribution in [0.4, 0.5) is 8.78 Å². The van der Waals surface area contributed by atoms with Gasteiger partial charge in [-0.1, -0.05) is 0 Å². The molecule has 8 nitrogen and oxygen atoms in total. The maximum atomic E-state index is 13.7. The molecule has 2 aromatic carbocycles. The van der Waals surface area contributed by atoms with Crippen LogP contribution in [-0.2, 0) is 26.3 Å². The van der Waals surface area contributed by atoms with Gasteiger partial charge in [-0.25, -0.2) is 0 Å². The SMILES string of the molecule is COC(=O)c1cc(CN(C=O)C(=BOC#N)NC(C)(c2ccc(F)cc2)c2ccc(F)cc2)cc(C)n1. The number of halogens is 2. The van der Waals surface area contributed by atoms with Gasteiger partial charge in [0.05, 0.1) is 0 Å². The molecule has 1 N–H and O–H groups in total. The summed E-state index contributed by atoms with van der Waals surface area (Å²) in [6.45, 7) is 3.41. The predicted octanol–water partition coefficient (Wildman–Crippen LogP) is 3.17. The van der Waals surface area contributed by atoms with E-state index in [0.29, 0.717) is 28.8 Å². The molecular formula is C26H23BF2N4O4. The molecule has 0 fully saturated rings.